The van der Waals surface area contributed by atoms with Gasteiger partial charge >= 0.3 is 5.97 Å². The fraction of sp³-hybridized carbons (Fsp3) is 0.769. The van der Waals surface area contributed by atoms with E-state index in [9.17, 15) is 24.3 Å². The van der Waals surface area contributed by atoms with E-state index < -0.39 is 44.8 Å². The Morgan fingerprint density at radius 1 is 1.00 bits per heavy atom. The Morgan fingerprint density at radius 2 is 1.59 bits per heavy atom. The van der Waals surface area contributed by atoms with Crippen molar-refractivity contribution in [3.8, 4) is 0 Å². The minimum atomic E-state index is -2.29. The molecule has 2 bridgehead atoms. The second-order valence-electron chi connectivity index (χ2n) is 12.2. The highest BCUT2D eigenvalue weighted by atomic mass is 16.5. The first-order chi connectivity index (χ1) is 14.5. The topological polar surface area (TPSA) is 97.7 Å². The van der Waals surface area contributed by atoms with Gasteiger partial charge in [-0.3, -0.25) is 19.2 Å². The summed E-state index contributed by atoms with van der Waals surface area (Å²) >= 11 is 0. The normalized spacial score (nSPS) is 49.9. The summed E-state index contributed by atoms with van der Waals surface area (Å²) in [6.07, 6.45) is 2.66. The molecule has 4 aliphatic carbocycles. The SMILES string of the molecule is C=C1[C@@]2(C)C[C@H]3[C@]4(C)CCC(=O)C(C)(C)[C@H]4CC[C@]3(C)[C@]1(C(=O)OC)C(=O)[C@@](C)(O)C2=O. The van der Waals surface area contributed by atoms with Gasteiger partial charge in [-0.15, -0.1) is 0 Å². The first kappa shape index (κ1) is 23.3. The number of hydrogen-bond donors (Lipinski definition) is 1. The molecule has 176 valence electrons. The van der Waals surface area contributed by atoms with Gasteiger partial charge in [-0.2, -0.15) is 0 Å². The molecule has 0 heterocycles. The lowest BCUT2D eigenvalue weighted by molar-refractivity contribution is -0.222. The van der Waals surface area contributed by atoms with Crippen LogP contribution in [0.4, 0.5) is 0 Å². The summed E-state index contributed by atoms with van der Waals surface area (Å²) in [6.45, 7) is 15.2. The number of carbonyl (C=O) groups is 4. The van der Waals surface area contributed by atoms with Gasteiger partial charge in [0, 0.05) is 11.8 Å². The Kier molecular flexibility index (Phi) is 4.52. The lowest BCUT2D eigenvalue weighted by Gasteiger charge is -2.71. The van der Waals surface area contributed by atoms with Crippen LogP contribution in [0.5, 0.6) is 0 Å². The van der Waals surface area contributed by atoms with Crippen molar-refractivity contribution < 1.29 is 29.0 Å². The molecular weight excluding hydrogens is 408 g/mol. The van der Waals surface area contributed by atoms with E-state index in [-0.39, 0.29) is 28.6 Å². The third kappa shape index (κ3) is 2.16. The molecule has 0 aromatic carbocycles. The number of hydrogen-bond acceptors (Lipinski definition) is 6. The molecule has 0 spiro atoms. The Balaban J connectivity index is 2.03. The van der Waals surface area contributed by atoms with Gasteiger partial charge in [0.2, 0.25) is 0 Å². The van der Waals surface area contributed by atoms with Crippen molar-refractivity contribution in [1.82, 2.24) is 0 Å². The molecule has 0 aromatic rings. The van der Waals surface area contributed by atoms with Crippen molar-refractivity contribution in [3.63, 3.8) is 0 Å². The Bertz CT molecular complexity index is 965. The largest absolute Gasteiger partial charge is 0.468 e. The van der Waals surface area contributed by atoms with E-state index in [1.807, 2.05) is 20.8 Å². The highest BCUT2D eigenvalue weighted by Gasteiger charge is 2.81. The van der Waals surface area contributed by atoms with Crippen molar-refractivity contribution in [1.29, 1.82) is 0 Å². The number of ketones is 3. The molecule has 0 aliphatic heterocycles. The van der Waals surface area contributed by atoms with Crippen LogP contribution in [0.25, 0.3) is 0 Å². The van der Waals surface area contributed by atoms with Gasteiger partial charge in [-0.1, -0.05) is 34.3 Å². The fourth-order valence-corrected chi connectivity index (χ4v) is 8.78. The van der Waals surface area contributed by atoms with Gasteiger partial charge in [0.1, 0.15) is 5.78 Å². The molecule has 0 saturated heterocycles. The summed E-state index contributed by atoms with van der Waals surface area (Å²) in [6, 6.07) is 0. The van der Waals surface area contributed by atoms with Gasteiger partial charge in [-0.25, -0.2) is 0 Å². The van der Waals surface area contributed by atoms with E-state index in [2.05, 4.69) is 13.5 Å². The smallest absolute Gasteiger partial charge is 0.324 e. The van der Waals surface area contributed by atoms with Crippen molar-refractivity contribution in [2.75, 3.05) is 7.11 Å². The molecule has 4 fully saturated rings. The average Bonchev–Trinajstić information content (AvgIpc) is 2.71. The zero-order valence-corrected chi connectivity index (χ0v) is 20.4. The summed E-state index contributed by atoms with van der Waals surface area (Å²) in [5.74, 6) is -2.03. The third-order valence-corrected chi connectivity index (χ3v) is 10.6. The summed E-state index contributed by atoms with van der Waals surface area (Å²) in [5, 5.41) is 11.1. The maximum atomic E-state index is 14.0. The highest BCUT2D eigenvalue weighted by molar-refractivity contribution is 6.26. The lowest BCUT2D eigenvalue weighted by atomic mass is 9.30. The Morgan fingerprint density at radius 3 is 2.16 bits per heavy atom. The van der Waals surface area contributed by atoms with E-state index in [0.717, 1.165) is 0 Å². The molecule has 4 saturated carbocycles. The van der Waals surface area contributed by atoms with Crippen molar-refractivity contribution in [2.45, 2.75) is 79.2 Å². The van der Waals surface area contributed by atoms with Gasteiger partial charge < -0.3 is 9.84 Å². The van der Waals surface area contributed by atoms with Crippen LogP contribution in [0.3, 0.4) is 0 Å². The number of aliphatic hydroxyl groups is 1. The molecule has 4 rings (SSSR count). The maximum Gasteiger partial charge on any atom is 0.324 e. The lowest BCUT2D eigenvalue weighted by Crippen LogP contribution is -2.77. The number of esters is 1. The van der Waals surface area contributed by atoms with Crippen molar-refractivity contribution in [3.05, 3.63) is 12.2 Å². The van der Waals surface area contributed by atoms with Gasteiger partial charge in [0.15, 0.2) is 22.6 Å². The molecule has 0 radical (unpaired) electrons. The fourth-order valence-electron chi connectivity index (χ4n) is 8.78. The predicted molar refractivity (Wildman–Crippen MR) is 117 cm³/mol. The summed E-state index contributed by atoms with van der Waals surface area (Å²) < 4.78 is 5.22. The van der Waals surface area contributed by atoms with Crippen LogP contribution >= 0.6 is 0 Å². The first-order valence-electron chi connectivity index (χ1n) is 11.6. The summed E-state index contributed by atoms with van der Waals surface area (Å²) in [4.78, 5) is 53.9. The molecule has 32 heavy (non-hydrogen) atoms. The van der Waals surface area contributed by atoms with Crippen LogP contribution in [0.15, 0.2) is 12.2 Å². The maximum absolute atomic E-state index is 14.0. The predicted octanol–water partition coefficient (Wildman–Crippen LogP) is 3.44. The zero-order chi connectivity index (χ0) is 24.3. The number of carbonyl (C=O) groups excluding carboxylic acids is 4. The summed E-state index contributed by atoms with van der Waals surface area (Å²) in [5.41, 5.74) is -6.85. The quantitative estimate of drug-likeness (QED) is 0.378. The van der Waals surface area contributed by atoms with Crippen molar-refractivity contribution in [2.24, 2.45) is 38.9 Å². The number of methoxy groups -OCH3 is 1. The molecular formula is C26H36O6. The second kappa shape index (κ2) is 6.19. The second-order valence-corrected chi connectivity index (χ2v) is 12.2. The van der Waals surface area contributed by atoms with Gasteiger partial charge in [-0.05, 0) is 67.8 Å². The number of rotatable bonds is 1. The number of ether oxygens (including phenoxy) is 1. The first-order valence-corrected chi connectivity index (χ1v) is 11.6. The molecule has 6 nitrogen and oxygen atoms in total. The summed E-state index contributed by atoms with van der Waals surface area (Å²) in [7, 11) is 1.24. The zero-order valence-electron chi connectivity index (χ0n) is 20.4. The molecule has 0 amide bonds. The van der Waals surface area contributed by atoms with Crippen molar-refractivity contribution >= 4 is 23.3 Å². The highest BCUT2D eigenvalue weighted by Crippen LogP contribution is 2.76. The van der Waals surface area contributed by atoms with E-state index in [1.165, 1.54) is 14.0 Å². The van der Waals surface area contributed by atoms with E-state index in [1.54, 1.807) is 6.92 Å². The molecule has 1 N–H and O–H groups in total. The average molecular weight is 445 g/mol. The number of Topliss-reactive ketones (excluding diaryl/α,β-unsaturated/α-hetero) is 3. The van der Waals surface area contributed by atoms with E-state index in [4.69, 9.17) is 4.74 Å². The monoisotopic (exact) mass is 444 g/mol. The molecule has 4 aliphatic rings. The minimum absolute atomic E-state index is 0.0745. The van der Waals surface area contributed by atoms with Crippen LogP contribution < -0.4 is 0 Å². The van der Waals surface area contributed by atoms with E-state index in [0.29, 0.717) is 32.1 Å². The molecule has 0 aromatic heterocycles. The van der Waals surface area contributed by atoms with Crippen LogP contribution in [0.2, 0.25) is 0 Å². The standard InChI is InChI=1S/C26H36O6/c1-14-23(5)13-16-22(4)11-10-17(27)21(2,3)15(22)9-12-24(16,6)26(14,20(30)32-8)19(29)25(7,31)18(23)28/h15-16,31H,1,9-13H2,2-8H3/t15-,16+,22-,23-,24+,25+,26+/m1/s1. The van der Waals surface area contributed by atoms with Crippen LogP contribution in [0.1, 0.15) is 73.6 Å². The van der Waals surface area contributed by atoms with Gasteiger partial charge in [0.05, 0.1) is 12.5 Å². The molecule has 7 atom stereocenters. The van der Waals surface area contributed by atoms with Gasteiger partial charge in [0.25, 0.3) is 0 Å². The molecule has 6 heteroatoms. The van der Waals surface area contributed by atoms with Crippen LogP contribution in [0, 0.1) is 38.9 Å². The molecule has 0 unspecified atom stereocenters. The van der Waals surface area contributed by atoms with E-state index >= 15 is 0 Å². The van der Waals surface area contributed by atoms with Crippen LogP contribution in [-0.4, -0.2) is 41.1 Å². The number of fused-ring (bicyclic) bond motifs is 6. The Hall–Kier alpha value is -1.82. The Labute approximate surface area is 190 Å². The third-order valence-electron chi connectivity index (χ3n) is 10.6. The minimum Gasteiger partial charge on any atom is -0.468 e. The van der Waals surface area contributed by atoms with Crippen LogP contribution in [-0.2, 0) is 23.9 Å².